The molecule has 1 amide bonds. The third-order valence-corrected chi connectivity index (χ3v) is 8.01. The average molecular weight is 507 g/mol. The Balaban J connectivity index is 1.21. The Morgan fingerprint density at radius 2 is 1.61 bits per heavy atom. The zero-order valence-corrected chi connectivity index (χ0v) is 20.7. The van der Waals surface area contributed by atoms with E-state index in [1.807, 2.05) is 47.4 Å². The highest BCUT2D eigenvalue weighted by Crippen LogP contribution is 2.56. The van der Waals surface area contributed by atoms with Gasteiger partial charge in [0.2, 0.25) is 0 Å². The van der Waals surface area contributed by atoms with Crippen LogP contribution < -0.4 is 14.4 Å². The molecular weight excluding hydrogens is 479 g/mol. The van der Waals surface area contributed by atoms with Gasteiger partial charge in [0.15, 0.2) is 11.5 Å². The lowest BCUT2D eigenvalue weighted by Gasteiger charge is -2.61. The second kappa shape index (κ2) is 9.32. The van der Waals surface area contributed by atoms with Crippen molar-refractivity contribution in [1.82, 2.24) is 4.90 Å². The molecule has 7 heteroatoms. The normalized spacial score (nSPS) is 20.6. The molecule has 0 bridgehead atoms. The molecule has 6 rings (SSSR count). The fourth-order valence-electron chi connectivity index (χ4n) is 5.85. The number of halogens is 2. The molecule has 0 aliphatic carbocycles. The molecule has 186 valence electrons. The van der Waals surface area contributed by atoms with Gasteiger partial charge in [0.1, 0.15) is 5.82 Å². The maximum Gasteiger partial charge on any atom is 0.253 e. The van der Waals surface area contributed by atoms with E-state index in [-0.39, 0.29) is 23.2 Å². The van der Waals surface area contributed by atoms with Gasteiger partial charge in [-0.2, -0.15) is 0 Å². The SMILES string of the molecule is O=C(c1ccc2c(c1)OCCCO2)N1CCC2(CC1)CN(c1ccc(F)cc1)C2c1ccc(Cl)cc1. The Morgan fingerprint density at radius 1 is 0.917 bits per heavy atom. The lowest BCUT2D eigenvalue weighted by Crippen LogP contribution is -2.62. The molecule has 0 aromatic heterocycles. The molecule has 3 aromatic rings. The average Bonchev–Trinajstić information content (AvgIpc) is 3.14. The number of benzene rings is 3. The topological polar surface area (TPSA) is 42.0 Å². The molecule has 3 aliphatic rings. The number of anilines is 1. The van der Waals surface area contributed by atoms with Gasteiger partial charge in [-0.1, -0.05) is 23.7 Å². The van der Waals surface area contributed by atoms with Crippen LogP contribution in [0.2, 0.25) is 5.02 Å². The fraction of sp³-hybridized carbons (Fsp3) is 0.345. The maximum absolute atomic E-state index is 13.6. The summed E-state index contributed by atoms with van der Waals surface area (Å²) >= 11 is 6.17. The van der Waals surface area contributed by atoms with Crippen LogP contribution in [0.3, 0.4) is 0 Å². The van der Waals surface area contributed by atoms with Crippen molar-refractivity contribution in [3.63, 3.8) is 0 Å². The summed E-state index contributed by atoms with van der Waals surface area (Å²) in [5, 5.41) is 0.705. The van der Waals surface area contributed by atoms with Crippen molar-refractivity contribution in [3.05, 3.63) is 88.7 Å². The van der Waals surface area contributed by atoms with E-state index in [0.717, 1.165) is 31.5 Å². The van der Waals surface area contributed by atoms with Gasteiger partial charge in [-0.25, -0.2) is 4.39 Å². The predicted octanol–water partition coefficient (Wildman–Crippen LogP) is 6.12. The molecule has 2 saturated heterocycles. The fourth-order valence-corrected chi connectivity index (χ4v) is 5.98. The highest BCUT2D eigenvalue weighted by atomic mass is 35.5. The summed E-state index contributed by atoms with van der Waals surface area (Å²) in [6, 6.07) is 20.3. The van der Waals surface area contributed by atoms with Crippen LogP contribution in [0.25, 0.3) is 0 Å². The molecule has 1 unspecified atom stereocenters. The number of piperidine rings is 1. The van der Waals surface area contributed by atoms with E-state index in [0.29, 0.717) is 48.4 Å². The van der Waals surface area contributed by atoms with Gasteiger partial charge < -0.3 is 19.3 Å². The Bertz CT molecular complexity index is 1260. The predicted molar refractivity (Wildman–Crippen MR) is 138 cm³/mol. The van der Waals surface area contributed by atoms with E-state index >= 15 is 0 Å². The van der Waals surface area contributed by atoms with Gasteiger partial charge in [0.25, 0.3) is 5.91 Å². The van der Waals surface area contributed by atoms with E-state index < -0.39 is 0 Å². The van der Waals surface area contributed by atoms with Gasteiger partial charge in [0, 0.05) is 47.7 Å². The number of fused-ring (bicyclic) bond motifs is 1. The molecule has 5 nitrogen and oxygen atoms in total. The molecule has 3 aliphatic heterocycles. The number of nitrogens with zero attached hydrogens (tertiary/aromatic N) is 2. The first-order valence-corrected chi connectivity index (χ1v) is 12.9. The number of likely N-dealkylation sites (tertiary alicyclic amines) is 1. The van der Waals surface area contributed by atoms with Crippen LogP contribution in [0.15, 0.2) is 66.7 Å². The largest absolute Gasteiger partial charge is 0.490 e. The number of hydrogen-bond donors (Lipinski definition) is 0. The number of carbonyl (C=O) groups is 1. The summed E-state index contributed by atoms with van der Waals surface area (Å²) in [6.45, 7) is 3.47. The zero-order valence-electron chi connectivity index (χ0n) is 20.0. The van der Waals surface area contributed by atoms with Crippen LogP contribution in [-0.2, 0) is 0 Å². The standard InChI is InChI=1S/C29H28ClFN2O3/c30-22-5-2-20(3-6-22)27-29(19-33(27)24-9-7-23(31)8-10-24)12-14-32(15-13-29)28(34)21-4-11-25-26(18-21)36-17-1-16-35-25/h2-11,18,27H,1,12-17,19H2. The number of hydrogen-bond acceptors (Lipinski definition) is 4. The van der Waals surface area contributed by atoms with Crippen LogP contribution in [0, 0.1) is 11.2 Å². The highest BCUT2D eigenvalue weighted by Gasteiger charge is 2.54. The summed E-state index contributed by atoms with van der Waals surface area (Å²) in [7, 11) is 0. The van der Waals surface area contributed by atoms with Crippen molar-refractivity contribution in [2.75, 3.05) is 37.7 Å². The van der Waals surface area contributed by atoms with Gasteiger partial charge in [-0.05, 0) is 73.0 Å². The minimum atomic E-state index is -0.237. The quantitative estimate of drug-likeness (QED) is 0.429. The Labute approximate surface area is 215 Å². The summed E-state index contributed by atoms with van der Waals surface area (Å²) in [6.07, 6.45) is 2.62. The molecule has 3 heterocycles. The monoisotopic (exact) mass is 506 g/mol. The van der Waals surface area contributed by atoms with Crippen molar-refractivity contribution in [2.24, 2.45) is 5.41 Å². The van der Waals surface area contributed by atoms with E-state index in [9.17, 15) is 9.18 Å². The lowest BCUT2D eigenvalue weighted by molar-refractivity contribution is 0.0271. The third kappa shape index (κ3) is 4.17. The molecule has 3 aromatic carbocycles. The van der Waals surface area contributed by atoms with Gasteiger partial charge >= 0.3 is 0 Å². The van der Waals surface area contributed by atoms with Crippen molar-refractivity contribution in [2.45, 2.75) is 25.3 Å². The lowest BCUT2D eigenvalue weighted by atomic mass is 9.63. The smallest absolute Gasteiger partial charge is 0.253 e. The van der Waals surface area contributed by atoms with E-state index in [4.69, 9.17) is 21.1 Å². The van der Waals surface area contributed by atoms with Crippen LogP contribution >= 0.6 is 11.6 Å². The zero-order chi connectivity index (χ0) is 24.7. The first kappa shape index (κ1) is 23.2. The number of rotatable bonds is 3. The Morgan fingerprint density at radius 3 is 2.33 bits per heavy atom. The first-order valence-electron chi connectivity index (χ1n) is 12.5. The van der Waals surface area contributed by atoms with Crippen LogP contribution in [0.1, 0.15) is 41.2 Å². The summed E-state index contributed by atoms with van der Waals surface area (Å²) < 4.78 is 25.1. The van der Waals surface area contributed by atoms with Crippen molar-refractivity contribution in [3.8, 4) is 11.5 Å². The molecule has 0 radical (unpaired) electrons. The summed E-state index contributed by atoms with van der Waals surface area (Å²) in [4.78, 5) is 17.7. The van der Waals surface area contributed by atoms with Gasteiger partial charge in [-0.3, -0.25) is 4.79 Å². The highest BCUT2D eigenvalue weighted by molar-refractivity contribution is 6.30. The molecule has 2 fully saturated rings. The van der Waals surface area contributed by atoms with Crippen molar-refractivity contribution in [1.29, 1.82) is 0 Å². The van der Waals surface area contributed by atoms with Gasteiger partial charge in [0.05, 0.1) is 19.3 Å². The number of amides is 1. The van der Waals surface area contributed by atoms with E-state index in [2.05, 4.69) is 17.0 Å². The van der Waals surface area contributed by atoms with Crippen molar-refractivity contribution >= 4 is 23.2 Å². The number of ether oxygens (including phenoxy) is 2. The minimum Gasteiger partial charge on any atom is -0.490 e. The van der Waals surface area contributed by atoms with Gasteiger partial charge in [-0.15, -0.1) is 0 Å². The Kier molecular flexibility index (Phi) is 6.00. The van der Waals surface area contributed by atoms with Crippen LogP contribution in [-0.4, -0.2) is 43.7 Å². The molecule has 36 heavy (non-hydrogen) atoms. The maximum atomic E-state index is 13.6. The van der Waals surface area contributed by atoms with E-state index in [1.165, 1.54) is 17.7 Å². The van der Waals surface area contributed by atoms with Crippen LogP contribution in [0.5, 0.6) is 11.5 Å². The second-order valence-electron chi connectivity index (χ2n) is 9.92. The van der Waals surface area contributed by atoms with E-state index in [1.54, 1.807) is 0 Å². The number of carbonyl (C=O) groups excluding carboxylic acids is 1. The third-order valence-electron chi connectivity index (χ3n) is 7.76. The molecule has 1 atom stereocenters. The molecule has 1 spiro atoms. The molecule has 0 N–H and O–H groups in total. The first-order chi connectivity index (χ1) is 17.5. The molecule has 0 saturated carbocycles. The van der Waals surface area contributed by atoms with Crippen molar-refractivity contribution < 1.29 is 18.7 Å². The summed E-state index contributed by atoms with van der Waals surface area (Å²) in [5.74, 6) is 1.13. The Hall–Kier alpha value is -3.25. The van der Waals surface area contributed by atoms with Crippen LogP contribution in [0.4, 0.5) is 10.1 Å². The summed E-state index contributed by atoms with van der Waals surface area (Å²) in [5.41, 5.74) is 2.88. The minimum absolute atomic E-state index is 0.0262. The molecular formula is C29H28ClFN2O3. The second-order valence-corrected chi connectivity index (χ2v) is 10.4.